The maximum absolute atomic E-state index is 5.46. The summed E-state index contributed by atoms with van der Waals surface area (Å²) in [6.45, 7) is 8.56. The highest BCUT2D eigenvalue weighted by atomic mass is 15.0. The second-order valence-corrected chi connectivity index (χ2v) is 14.5. The number of hydrogen-bond acceptors (Lipinski definition) is 2. The highest BCUT2D eigenvalue weighted by Crippen LogP contribution is 2.37. The monoisotopic (exact) mass is 674 g/mol. The normalized spacial score (nSPS) is 19.5. The number of aromatic nitrogens is 2. The Morgan fingerprint density at radius 1 is 0.500 bits per heavy atom. The number of aliphatic imine (C=N–C) groups is 1. The van der Waals surface area contributed by atoms with E-state index in [-0.39, 0.29) is 18.0 Å². The number of hydrogen-bond donors (Lipinski definition) is 3. The van der Waals surface area contributed by atoms with Crippen LogP contribution in [0.3, 0.4) is 0 Å². The molecule has 5 heterocycles. The lowest BCUT2D eigenvalue weighted by Gasteiger charge is -2.26. The third kappa shape index (κ3) is 5.85. The molecule has 3 aliphatic heterocycles. The number of nitrogens with one attached hydrogen (secondary N) is 3. The minimum absolute atomic E-state index is 0.0275. The van der Waals surface area contributed by atoms with Gasteiger partial charge in [0.2, 0.25) is 0 Å². The first-order valence-electron chi connectivity index (χ1n) is 18.2. The van der Waals surface area contributed by atoms with Gasteiger partial charge >= 0.3 is 0 Å². The molecule has 0 spiro atoms. The number of allylic oxidation sites excluding steroid dienone is 2. The molecule has 0 saturated carbocycles. The van der Waals surface area contributed by atoms with E-state index in [0.29, 0.717) is 0 Å². The lowest BCUT2D eigenvalue weighted by Crippen LogP contribution is -2.36. The van der Waals surface area contributed by atoms with Crippen molar-refractivity contribution in [2.24, 2.45) is 4.99 Å². The van der Waals surface area contributed by atoms with Crippen molar-refractivity contribution in [3.05, 3.63) is 218 Å². The zero-order chi connectivity index (χ0) is 35.3. The molecule has 52 heavy (non-hydrogen) atoms. The van der Waals surface area contributed by atoms with Gasteiger partial charge in [-0.05, 0) is 86.4 Å². The van der Waals surface area contributed by atoms with Crippen molar-refractivity contribution < 1.29 is 0 Å². The number of rotatable bonds is 4. The van der Waals surface area contributed by atoms with Crippen LogP contribution < -0.4 is 16.0 Å². The van der Waals surface area contributed by atoms with E-state index in [1.165, 1.54) is 44.6 Å². The van der Waals surface area contributed by atoms with Crippen LogP contribution in [-0.2, 0) is 0 Å². The van der Waals surface area contributed by atoms with Crippen LogP contribution in [0.15, 0.2) is 156 Å². The van der Waals surface area contributed by atoms with Gasteiger partial charge < -0.3 is 9.97 Å². The number of aromatic amines is 2. The van der Waals surface area contributed by atoms with Crippen molar-refractivity contribution in [2.75, 3.05) is 0 Å². The van der Waals surface area contributed by atoms with E-state index in [0.717, 1.165) is 50.1 Å². The summed E-state index contributed by atoms with van der Waals surface area (Å²) in [5.74, 6) is 0.0610. The van der Waals surface area contributed by atoms with E-state index < -0.39 is 0 Å². The van der Waals surface area contributed by atoms with Crippen LogP contribution in [0.1, 0.15) is 61.8 Å². The summed E-state index contributed by atoms with van der Waals surface area (Å²) in [4.78, 5) is 13.3. The van der Waals surface area contributed by atoms with Crippen molar-refractivity contribution in [2.45, 2.75) is 45.7 Å². The third-order valence-corrected chi connectivity index (χ3v) is 10.7. The van der Waals surface area contributed by atoms with Crippen LogP contribution in [0.25, 0.3) is 16.7 Å². The van der Waals surface area contributed by atoms with E-state index in [9.17, 15) is 0 Å². The van der Waals surface area contributed by atoms with E-state index in [4.69, 9.17) is 4.99 Å². The van der Waals surface area contributed by atoms with Crippen LogP contribution in [0.2, 0.25) is 0 Å². The summed E-state index contributed by atoms with van der Waals surface area (Å²) in [6.07, 6.45) is 9.07. The number of fused-ring (bicyclic) bond motifs is 7. The van der Waals surface area contributed by atoms with E-state index in [2.05, 4.69) is 189 Å². The fourth-order valence-corrected chi connectivity index (χ4v) is 7.93. The quantitative estimate of drug-likeness (QED) is 0.162. The lowest BCUT2D eigenvalue weighted by molar-refractivity contribution is 0.561. The third-order valence-electron chi connectivity index (χ3n) is 10.7. The van der Waals surface area contributed by atoms with Gasteiger partial charge in [-0.15, -0.1) is 0 Å². The molecule has 3 unspecified atom stereocenters. The zero-order valence-corrected chi connectivity index (χ0v) is 30.0. The van der Waals surface area contributed by atoms with Gasteiger partial charge in [-0.3, -0.25) is 5.32 Å². The smallest absolute Gasteiger partial charge is 0.0737 e. The highest BCUT2D eigenvalue weighted by Gasteiger charge is 2.33. The molecule has 4 aromatic carbocycles. The summed E-state index contributed by atoms with van der Waals surface area (Å²) in [7, 11) is 0. The molecule has 3 atom stereocenters. The van der Waals surface area contributed by atoms with Gasteiger partial charge in [0.1, 0.15) is 0 Å². The molecule has 0 amide bonds. The van der Waals surface area contributed by atoms with Crippen molar-refractivity contribution in [1.29, 1.82) is 0 Å². The summed E-state index contributed by atoms with van der Waals surface area (Å²) in [5.41, 5.74) is 17.2. The molecule has 0 saturated heterocycles. The Morgan fingerprint density at radius 3 is 1.69 bits per heavy atom. The molecule has 3 aliphatic rings. The van der Waals surface area contributed by atoms with Gasteiger partial charge in [0, 0.05) is 50.8 Å². The number of nitrogens with zero attached hydrogens (tertiary/aromatic N) is 1. The first kappa shape index (κ1) is 32.0. The van der Waals surface area contributed by atoms with E-state index >= 15 is 0 Å². The van der Waals surface area contributed by atoms with Crippen LogP contribution in [0.5, 0.6) is 0 Å². The molecule has 254 valence electrons. The standard InChI is InChI=1S/C48H42N4/c1-29-5-13-33(14-6-29)45-37-21-23-39(49-37)46(34-15-7-30(2)8-16-34)41-25-27-43(51-41)48(36-19-11-32(4)12-20-36)44-28-26-42(52-44)47(40-24-22-38(45)50-40)35-17-9-31(3)10-18-35/h5-28,37,39,45,49-50,52H,1-4H3. The van der Waals surface area contributed by atoms with Crippen molar-refractivity contribution >= 4 is 22.4 Å². The van der Waals surface area contributed by atoms with E-state index in [1.54, 1.807) is 0 Å². The Kier molecular flexibility index (Phi) is 7.98. The fourth-order valence-electron chi connectivity index (χ4n) is 7.93. The van der Waals surface area contributed by atoms with Crippen molar-refractivity contribution in [3.8, 4) is 0 Å². The second-order valence-electron chi connectivity index (χ2n) is 14.5. The topological polar surface area (TPSA) is 56.0 Å². The van der Waals surface area contributed by atoms with Crippen LogP contribution in [0, 0.1) is 27.7 Å². The second kappa shape index (κ2) is 13.0. The van der Waals surface area contributed by atoms with Crippen molar-refractivity contribution in [3.63, 3.8) is 0 Å². The number of benzene rings is 4. The van der Waals surface area contributed by atoms with Crippen LogP contribution in [0.4, 0.5) is 0 Å². The molecule has 4 nitrogen and oxygen atoms in total. The molecule has 6 aromatic rings. The molecule has 0 fully saturated rings. The molecular weight excluding hydrogens is 633 g/mol. The summed E-state index contributed by atoms with van der Waals surface area (Å²) in [5, 5.41) is 6.15. The summed E-state index contributed by atoms with van der Waals surface area (Å²) < 4.78 is 0. The Labute approximate surface area is 305 Å². The Balaban J connectivity index is 1.35. The molecule has 2 aromatic heterocycles. The first-order valence-corrected chi connectivity index (χ1v) is 18.2. The summed E-state index contributed by atoms with van der Waals surface area (Å²) >= 11 is 0. The lowest BCUT2D eigenvalue weighted by atomic mass is 9.88. The van der Waals surface area contributed by atoms with Crippen molar-refractivity contribution in [1.82, 2.24) is 15.3 Å². The first-order chi connectivity index (χ1) is 25.4. The largest absolute Gasteiger partial charge is 0.358 e. The molecular formula is C48H42N4. The minimum Gasteiger partial charge on any atom is -0.358 e. The average molecular weight is 675 g/mol. The van der Waals surface area contributed by atoms with Gasteiger partial charge in [0.25, 0.3) is 0 Å². The minimum atomic E-state index is -0.0275. The van der Waals surface area contributed by atoms with Gasteiger partial charge in [-0.2, -0.15) is 0 Å². The zero-order valence-electron chi connectivity index (χ0n) is 30.0. The van der Waals surface area contributed by atoms with Crippen LogP contribution in [-0.4, -0.2) is 27.8 Å². The molecule has 0 radical (unpaired) electrons. The van der Waals surface area contributed by atoms with E-state index in [1.807, 2.05) is 0 Å². The van der Waals surface area contributed by atoms with Gasteiger partial charge in [-0.25, -0.2) is 4.99 Å². The maximum atomic E-state index is 5.46. The SMILES string of the molecule is Cc1ccc(C2=C3C=CC(=N3)C(c3ccc(C)cc3)=c3ccc([nH]3)=C(c3ccc(C)cc3)c3ccc([nH]3)C(c3ccc(C)cc3)C3C=CC2N3)cc1. The summed E-state index contributed by atoms with van der Waals surface area (Å²) in [6, 6.07) is 44.5. The Hall–Kier alpha value is -5.97. The van der Waals surface area contributed by atoms with Gasteiger partial charge in [0.15, 0.2) is 0 Å². The molecule has 4 heteroatoms. The number of H-pyrrole nitrogens is 2. The maximum Gasteiger partial charge on any atom is 0.0737 e. The Bertz CT molecular complexity index is 2550. The predicted octanol–water partition coefficient (Wildman–Crippen LogP) is 8.49. The molecule has 0 aliphatic carbocycles. The predicted molar refractivity (Wildman–Crippen MR) is 215 cm³/mol. The average Bonchev–Trinajstić information content (AvgIpc) is 3.99. The molecule has 3 N–H and O–H groups in total. The molecule has 9 rings (SSSR count). The highest BCUT2D eigenvalue weighted by molar-refractivity contribution is 6.30. The van der Waals surface area contributed by atoms with Gasteiger partial charge in [-0.1, -0.05) is 131 Å². The van der Waals surface area contributed by atoms with Crippen LogP contribution >= 0.6 is 0 Å². The van der Waals surface area contributed by atoms with Gasteiger partial charge in [0.05, 0.1) is 17.5 Å². The number of aryl methyl sites for hydroxylation is 4. The fraction of sp³-hybridized carbons (Fsp3) is 0.146. The molecule has 8 bridgehead atoms. The Morgan fingerprint density at radius 2 is 1.06 bits per heavy atom.